The van der Waals surface area contributed by atoms with E-state index in [4.69, 9.17) is 4.74 Å². The summed E-state index contributed by atoms with van der Waals surface area (Å²) in [6.45, 7) is 3.54. The second kappa shape index (κ2) is 4.75. The number of ether oxygens (including phenoxy) is 1. The second-order valence-electron chi connectivity index (χ2n) is 7.23. The Morgan fingerprint density at radius 1 is 0.947 bits per heavy atom. The van der Waals surface area contributed by atoms with Gasteiger partial charge in [-0.25, -0.2) is 0 Å². The van der Waals surface area contributed by atoms with Gasteiger partial charge in [-0.15, -0.1) is 0 Å². The van der Waals surface area contributed by atoms with Gasteiger partial charge < -0.3 is 4.74 Å². The first kappa shape index (κ1) is 12.2. The van der Waals surface area contributed by atoms with Gasteiger partial charge in [-0.1, -0.05) is 0 Å². The molecule has 5 fully saturated rings. The van der Waals surface area contributed by atoms with Gasteiger partial charge in [-0.3, -0.25) is 4.90 Å². The van der Waals surface area contributed by atoms with Crippen LogP contribution in [0.3, 0.4) is 0 Å². The molecule has 0 amide bonds. The number of nitriles is 1. The zero-order chi connectivity index (χ0) is 12.8. The van der Waals surface area contributed by atoms with Crippen LogP contribution >= 0.6 is 0 Å². The molecule has 5 aliphatic rings. The summed E-state index contributed by atoms with van der Waals surface area (Å²) in [6, 6.07) is 2.84. The maximum Gasteiger partial charge on any atom is 0.101 e. The molecule has 1 saturated heterocycles. The molecular weight excluding hydrogens is 236 g/mol. The predicted molar refractivity (Wildman–Crippen MR) is 72.3 cm³/mol. The van der Waals surface area contributed by atoms with Crippen LogP contribution in [-0.4, -0.2) is 37.2 Å². The van der Waals surface area contributed by atoms with Crippen LogP contribution in [-0.2, 0) is 4.74 Å². The summed E-state index contributed by atoms with van der Waals surface area (Å²) in [5.74, 6) is 4.37. The molecule has 0 aromatic carbocycles. The standard InChI is InChI=1S/C16H24N2O/c17-10-15(18-1-3-19-4-2-18)16-13-6-11-5-12(8-13)9-14(16)7-11/h11-16H,1-9H2. The molecule has 0 aromatic rings. The van der Waals surface area contributed by atoms with E-state index >= 15 is 0 Å². The van der Waals surface area contributed by atoms with Gasteiger partial charge in [0.15, 0.2) is 0 Å². The summed E-state index contributed by atoms with van der Waals surface area (Å²) in [4.78, 5) is 2.41. The minimum absolute atomic E-state index is 0.166. The Kier molecular flexibility index (Phi) is 3.04. The molecule has 0 radical (unpaired) electrons. The van der Waals surface area contributed by atoms with Crippen LogP contribution in [0.2, 0.25) is 0 Å². The van der Waals surface area contributed by atoms with E-state index in [1.807, 2.05) is 0 Å². The van der Waals surface area contributed by atoms with Crippen molar-refractivity contribution in [3.63, 3.8) is 0 Å². The summed E-state index contributed by atoms with van der Waals surface area (Å²) in [5.41, 5.74) is 0. The van der Waals surface area contributed by atoms with Crippen LogP contribution in [0.25, 0.3) is 0 Å². The maximum atomic E-state index is 9.73. The average Bonchev–Trinajstić information content (AvgIpc) is 2.43. The maximum absolute atomic E-state index is 9.73. The van der Waals surface area contributed by atoms with Crippen molar-refractivity contribution in [1.29, 1.82) is 5.26 Å². The largest absolute Gasteiger partial charge is 0.379 e. The normalized spacial score (nSPS) is 47.0. The van der Waals surface area contributed by atoms with Crippen molar-refractivity contribution >= 4 is 0 Å². The Balaban J connectivity index is 1.55. The minimum Gasteiger partial charge on any atom is -0.379 e. The van der Waals surface area contributed by atoms with Crippen LogP contribution in [0.15, 0.2) is 0 Å². The average molecular weight is 260 g/mol. The molecule has 19 heavy (non-hydrogen) atoms. The van der Waals surface area contributed by atoms with Crippen molar-refractivity contribution in [2.45, 2.75) is 38.1 Å². The highest BCUT2D eigenvalue weighted by atomic mass is 16.5. The SMILES string of the molecule is N#CC(C1C2CC3CC(C2)CC1C3)N1CCOCC1. The first-order valence-corrected chi connectivity index (χ1v) is 8.06. The van der Waals surface area contributed by atoms with Gasteiger partial charge in [0.2, 0.25) is 0 Å². The van der Waals surface area contributed by atoms with E-state index in [1.54, 1.807) is 0 Å². The Hall–Kier alpha value is -0.590. The smallest absolute Gasteiger partial charge is 0.101 e. The van der Waals surface area contributed by atoms with Gasteiger partial charge >= 0.3 is 0 Å². The van der Waals surface area contributed by atoms with Crippen LogP contribution in [0.5, 0.6) is 0 Å². The first-order valence-electron chi connectivity index (χ1n) is 8.06. The van der Waals surface area contributed by atoms with E-state index in [0.717, 1.165) is 50.0 Å². The molecule has 5 rings (SSSR count). The highest BCUT2D eigenvalue weighted by Gasteiger charge is 2.51. The Morgan fingerprint density at radius 2 is 1.53 bits per heavy atom. The number of hydrogen-bond donors (Lipinski definition) is 0. The van der Waals surface area contributed by atoms with Gasteiger partial charge in [0.1, 0.15) is 6.04 Å². The topological polar surface area (TPSA) is 36.3 Å². The zero-order valence-corrected chi connectivity index (χ0v) is 11.6. The quantitative estimate of drug-likeness (QED) is 0.764. The van der Waals surface area contributed by atoms with Crippen LogP contribution in [0, 0.1) is 40.9 Å². The third-order valence-electron chi connectivity index (χ3n) is 6.24. The number of hydrogen-bond acceptors (Lipinski definition) is 3. The summed E-state index contributed by atoms with van der Waals surface area (Å²) < 4.78 is 5.45. The molecular formula is C16H24N2O. The Bertz CT molecular complexity index is 355. The fourth-order valence-corrected chi connectivity index (χ4v) is 5.75. The minimum atomic E-state index is 0.166. The molecule has 0 aromatic heterocycles. The van der Waals surface area contributed by atoms with Gasteiger partial charge in [0, 0.05) is 13.1 Å². The summed E-state index contributed by atoms with van der Waals surface area (Å²) in [6.07, 6.45) is 7.16. The molecule has 4 saturated carbocycles. The molecule has 1 unspecified atom stereocenters. The third-order valence-corrected chi connectivity index (χ3v) is 6.24. The molecule has 1 aliphatic heterocycles. The van der Waals surface area contributed by atoms with Crippen molar-refractivity contribution < 1.29 is 4.74 Å². The molecule has 0 N–H and O–H groups in total. The van der Waals surface area contributed by atoms with E-state index in [9.17, 15) is 5.26 Å². The van der Waals surface area contributed by atoms with E-state index in [2.05, 4.69) is 11.0 Å². The van der Waals surface area contributed by atoms with Crippen molar-refractivity contribution in [3.8, 4) is 6.07 Å². The second-order valence-corrected chi connectivity index (χ2v) is 7.23. The fourth-order valence-electron chi connectivity index (χ4n) is 5.75. The number of nitrogens with zero attached hydrogens (tertiary/aromatic N) is 2. The summed E-state index contributed by atoms with van der Waals surface area (Å²) >= 11 is 0. The summed E-state index contributed by atoms with van der Waals surface area (Å²) in [5, 5.41) is 9.73. The van der Waals surface area contributed by atoms with Gasteiger partial charge in [-0.05, 0) is 61.7 Å². The lowest BCUT2D eigenvalue weighted by atomic mass is 9.50. The van der Waals surface area contributed by atoms with E-state index in [-0.39, 0.29) is 6.04 Å². The van der Waals surface area contributed by atoms with Crippen molar-refractivity contribution in [1.82, 2.24) is 4.90 Å². The molecule has 4 aliphatic carbocycles. The highest BCUT2D eigenvalue weighted by Crippen LogP contribution is 2.57. The predicted octanol–water partition coefficient (Wildman–Crippen LogP) is 2.28. The Morgan fingerprint density at radius 3 is 2.05 bits per heavy atom. The van der Waals surface area contributed by atoms with Gasteiger partial charge in [-0.2, -0.15) is 5.26 Å². The number of rotatable bonds is 2. The molecule has 3 nitrogen and oxygen atoms in total. The lowest BCUT2D eigenvalue weighted by Crippen LogP contribution is -2.55. The molecule has 1 atom stereocenters. The fraction of sp³-hybridized carbons (Fsp3) is 0.938. The van der Waals surface area contributed by atoms with Crippen LogP contribution in [0.1, 0.15) is 32.1 Å². The molecule has 0 spiro atoms. The molecule has 1 heterocycles. The Labute approximate surface area is 115 Å². The van der Waals surface area contributed by atoms with E-state index < -0.39 is 0 Å². The van der Waals surface area contributed by atoms with E-state index in [0.29, 0.717) is 5.92 Å². The monoisotopic (exact) mass is 260 g/mol. The lowest BCUT2D eigenvalue weighted by Gasteiger charge is -2.56. The van der Waals surface area contributed by atoms with Crippen molar-refractivity contribution in [2.75, 3.05) is 26.3 Å². The van der Waals surface area contributed by atoms with Crippen LogP contribution < -0.4 is 0 Å². The zero-order valence-electron chi connectivity index (χ0n) is 11.6. The molecule has 3 heteroatoms. The molecule has 4 bridgehead atoms. The lowest BCUT2D eigenvalue weighted by molar-refractivity contribution is -0.0762. The third kappa shape index (κ3) is 2.00. The first-order chi connectivity index (χ1) is 9.35. The number of morpholine rings is 1. The van der Waals surface area contributed by atoms with Crippen molar-refractivity contribution in [3.05, 3.63) is 0 Å². The van der Waals surface area contributed by atoms with Gasteiger partial charge in [0.25, 0.3) is 0 Å². The van der Waals surface area contributed by atoms with Crippen molar-refractivity contribution in [2.24, 2.45) is 29.6 Å². The summed E-state index contributed by atoms with van der Waals surface area (Å²) in [7, 11) is 0. The van der Waals surface area contributed by atoms with E-state index in [1.165, 1.54) is 32.1 Å². The van der Waals surface area contributed by atoms with Crippen LogP contribution in [0.4, 0.5) is 0 Å². The molecule has 104 valence electrons. The van der Waals surface area contributed by atoms with Gasteiger partial charge in [0.05, 0.1) is 19.3 Å². The highest BCUT2D eigenvalue weighted by molar-refractivity contribution is 5.08.